The van der Waals surface area contributed by atoms with E-state index in [9.17, 15) is 0 Å². The zero-order valence-electron chi connectivity index (χ0n) is 9.62. The van der Waals surface area contributed by atoms with E-state index in [0.29, 0.717) is 27.4 Å². The Balaban J connectivity index is 1.84. The van der Waals surface area contributed by atoms with E-state index in [1.807, 2.05) is 12.1 Å². The van der Waals surface area contributed by atoms with Gasteiger partial charge in [0.05, 0.1) is 0 Å². The van der Waals surface area contributed by atoms with E-state index in [1.54, 1.807) is 28.8 Å². The van der Waals surface area contributed by atoms with Crippen molar-refractivity contribution < 1.29 is 4.74 Å². The van der Waals surface area contributed by atoms with Gasteiger partial charge in [-0.15, -0.1) is 10.2 Å². The van der Waals surface area contributed by atoms with Crippen molar-refractivity contribution in [1.82, 2.24) is 19.8 Å². The summed E-state index contributed by atoms with van der Waals surface area (Å²) >= 11 is 11.7. The van der Waals surface area contributed by atoms with Gasteiger partial charge in [-0.1, -0.05) is 29.3 Å². The molecule has 0 aliphatic rings. The average molecular weight is 295 g/mol. The molecule has 0 saturated heterocycles. The van der Waals surface area contributed by atoms with Gasteiger partial charge < -0.3 is 4.74 Å². The van der Waals surface area contributed by atoms with Gasteiger partial charge in [0.2, 0.25) is 0 Å². The van der Waals surface area contributed by atoms with E-state index in [4.69, 9.17) is 27.9 Å². The van der Waals surface area contributed by atoms with Crippen molar-refractivity contribution in [3.63, 3.8) is 0 Å². The molecule has 7 heteroatoms. The second kappa shape index (κ2) is 5.03. The van der Waals surface area contributed by atoms with Crippen LogP contribution in [-0.2, 0) is 6.61 Å². The van der Waals surface area contributed by atoms with E-state index >= 15 is 0 Å². The molecule has 0 N–H and O–H groups in total. The highest BCUT2D eigenvalue weighted by Gasteiger charge is 2.08. The van der Waals surface area contributed by atoms with E-state index < -0.39 is 0 Å². The molecule has 3 rings (SSSR count). The van der Waals surface area contributed by atoms with Gasteiger partial charge in [-0.2, -0.15) is 9.61 Å². The Morgan fingerprint density at radius 1 is 1.11 bits per heavy atom. The molecule has 19 heavy (non-hydrogen) atoms. The molecule has 0 fully saturated rings. The Morgan fingerprint density at radius 2 is 2.00 bits per heavy atom. The SMILES string of the molecule is Clc1cccc(OCc2nnc3ccc(Cl)nn23)c1. The Hall–Kier alpha value is -1.85. The molecule has 0 amide bonds. The number of hydrogen-bond donors (Lipinski definition) is 0. The number of nitrogens with zero attached hydrogens (tertiary/aromatic N) is 4. The van der Waals surface area contributed by atoms with Crippen LogP contribution in [0, 0.1) is 0 Å². The van der Waals surface area contributed by atoms with Crippen LogP contribution >= 0.6 is 23.2 Å². The third kappa shape index (κ3) is 2.62. The van der Waals surface area contributed by atoms with Crippen molar-refractivity contribution >= 4 is 28.8 Å². The van der Waals surface area contributed by atoms with Gasteiger partial charge in [0, 0.05) is 5.02 Å². The molecule has 0 atom stereocenters. The van der Waals surface area contributed by atoms with Gasteiger partial charge >= 0.3 is 0 Å². The highest BCUT2D eigenvalue weighted by Crippen LogP contribution is 2.18. The topological polar surface area (TPSA) is 52.3 Å². The van der Waals surface area contributed by atoms with Crippen molar-refractivity contribution in [3.05, 3.63) is 52.4 Å². The second-order valence-corrected chi connectivity index (χ2v) is 4.61. The first kappa shape index (κ1) is 12.2. The molecule has 3 aromatic rings. The average Bonchev–Trinajstić information content (AvgIpc) is 2.79. The summed E-state index contributed by atoms with van der Waals surface area (Å²) < 4.78 is 7.14. The Morgan fingerprint density at radius 3 is 2.84 bits per heavy atom. The minimum atomic E-state index is 0.231. The van der Waals surface area contributed by atoms with Crippen LogP contribution in [0.4, 0.5) is 0 Å². The molecule has 2 heterocycles. The van der Waals surface area contributed by atoms with Gasteiger partial charge in [-0.05, 0) is 30.3 Å². The fourth-order valence-corrected chi connectivity index (χ4v) is 1.92. The van der Waals surface area contributed by atoms with Gasteiger partial charge in [0.1, 0.15) is 17.5 Å². The zero-order valence-corrected chi connectivity index (χ0v) is 11.1. The first-order valence-corrected chi connectivity index (χ1v) is 6.23. The monoisotopic (exact) mass is 294 g/mol. The fraction of sp³-hybridized carbons (Fsp3) is 0.0833. The van der Waals surface area contributed by atoms with Crippen LogP contribution < -0.4 is 4.74 Å². The molecule has 0 aliphatic carbocycles. The fourth-order valence-electron chi connectivity index (χ4n) is 1.61. The molecule has 2 aromatic heterocycles. The lowest BCUT2D eigenvalue weighted by molar-refractivity contribution is 0.292. The minimum absolute atomic E-state index is 0.231. The van der Waals surface area contributed by atoms with Crippen LogP contribution in [0.1, 0.15) is 5.82 Å². The molecule has 0 aliphatic heterocycles. The quantitative estimate of drug-likeness (QED) is 0.745. The summed E-state index contributed by atoms with van der Waals surface area (Å²) in [6.45, 7) is 0.231. The number of aromatic nitrogens is 4. The summed E-state index contributed by atoms with van der Waals surface area (Å²) in [5, 5.41) is 13.1. The standard InChI is InChI=1S/C12H8Cl2N4O/c13-8-2-1-3-9(6-8)19-7-12-16-15-11-5-4-10(14)17-18(11)12/h1-6H,7H2. The maximum Gasteiger partial charge on any atom is 0.192 e. The normalized spacial score (nSPS) is 10.8. The highest BCUT2D eigenvalue weighted by atomic mass is 35.5. The Bertz CT molecular complexity index is 729. The predicted octanol–water partition coefficient (Wildman–Crippen LogP) is 3.01. The molecule has 1 aromatic carbocycles. The summed E-state index contributed by atoms with van der Waals surface area (Å²) in [5.74, 6) is 1.23. The van der Waals surface area contributed by atoms with Crippen LogP contribution in [-0.4, -0.2) is 19.8 Å². The Kier molecular flexibility index (Phi) is 3.23. The van der Waals surface area contributed by atoms with E-state index in [1.165, 1.54) is 0 Å². The van der Waals surface area contributed by atoms with Crippen LogP contribution in [0.2, 0.25) is 10.2 Å². The van der Waals surface area contributed by atoms with Crippen LogP contribution in [0.5, 0.6) is 5.75 Å². The second-order valence-electron chi connectivity index (χ2n) is 3.79. The molecular weight excluding hydrogens is 287 g/mol. The number of fused-ring (bicyclic) bond motifs is 1. The first-order valence-electron chi connectivity index (χ1n) is 5.47. The number of ether oxygens (including phenoxy) is 1. The summed E-state index contributed by atoms with van der Waals surface area (Å²) in [6.07, 6.45) is 0. The maximum absolute atomic E-state index is 5.88. The molecule has 0 saturated carbocycles. The van der Waals surface area contributed by atoms with E-state index in [2.05, 4.69) is 15.3 Å². The molecular formula is C12H8Cl2N4O. The minimum Gasteiger partial charge on any atom is -0.485 e. The number of hydrogen-bond acceptors (Lipinski definition) is 4. The number of halogens is 2. The van der Waals surface area contributed by atoms with E-state index in [-0.39, 0.29) is 6.61 Å². The van der Waals surface area contributed by atoms with Crippen molar-refractivity contribution in [2.75, 3.05) is 0 Å². The molecule has 0 unspecified atom stereocenters. The lowest BCUT2D eigenvalue weighted by Gasteiger charge is -2.04. The van der Waals surface area contributed by atoms with Crippen molar-refractivity contribution in [2.24, 2.45) is 0 Å². The van der Waals surface area contributed by atoms with Crippen molar-refractivity contribution in [2.45, 2.75) is 6.61 Å². The molecule has 5 nitrogen and oxygen atoms in total. The maximum atomic E-state index is 5.88. The molecule has 96 valence electrons. The van der Waals surface area contributed by atoms with Crippen LogP contribution in [0.3, 0.4) is 0 Å². The third-order valence-corrected chi connectivity index (χ3v) is 2.90. The first-order chi connectivity index (χ1) is 9.22. The van der Waals surface area contributed by atoms with Crippen LogP contribution in [0.25, 0.3) is 5.65 Å². The summed E-state index contributed by atoms with van der Waals surface area (Å²) in [4.78, 5) is 0. The largest absolute Gasteiger partial charge is 0.485 e. The number of rotatable bonds is 3. The Labute approximate surface area is 118 Å². The molecule has 0 radical (unpaired) electrons. The highest BCUT2D eigenvalue weighted by molar-refractivity contribution is 6.30. The zero-order chi connectivity index (χ0) is 13.2. The van der Waals surface area contributed by atoms with E-state index in [0.717, 1.165) is 0 Å². The predicted molar refractivity (Wildman–Crippen MR) is 71.6 cm³/mol. The number of benzene rings is 1. The summed E-state index contributed by atoms with van der Waals surface area (Å²) in [5.41, 5.74) is 0.620. The summed E-state index contributed by atoms with van der Waals surface area (Å²) in [7, 11) is 0. The van der Waals surface area contributed by atoms with Crippen molar-refractivity contribution in [1.29, 1.82) is 0 Å². The molecule has 0 bridgehead atoms. The lowest BCUT2D eigenvalue weighted by atomic mass is 10.3. The van der Waals surface area contributed by atoms with Gasteiger partial charge in [0.25, 0.3) is 0 Å². The summed E-state index contributed by atoms with van der Waals surface area (Å²) in [6, 6.07) is 10.5. The van der Waals surface area contributed by atoms with Crippen molar-refractivity contribution in [3.8, 4) is 5.75 Å². The smallest absolute Gasteiger partial charge is 0.192 e. The van der Waals surface area contributed by atoms with Gasteiger partial charge in [0.15, 0.2) is 11.5 Å². The van der Waals surface area contributed by atoms with Gasteiger partial charge in [-0.3, -0.25) is 0 Å². The van der Waals surface area contributed by atoms with Gasteiger partial charge in [-0.25, -0.2) is 0 Å². The lowest BCUT2D eigenvalue weighted by Crippen LogP contribution is -2.03. The third-order valence-electron chi connectivity index (χ3n) is 2.46. The molecule has 0 spiro atoms. The van der Waals surface area contributed by atoms with Crippen LogP contribution in [0.15, 0.2) is 36.4 Å².